The minimum Gasteiger partial charge on any atom is -0.490 e. The van der Waals surface area contributed by atoms with Crippen LogP contribution in [-0.2, 0) is 11.3 Å². The van der Waals surface area contributed by atoms with Crippen molar-refractivity contribution in [2.45, 2.75) is 58.7 Å². The molecule has 4 rings (SSSR count). The number of rotatable bonds is 8. The van der Waals surface area contributed by atoms with Crippen LogP contribution in [0.15, 0.2) is 57.0 Å². The zero-order chi connectivity index (χ0) is 26.0. The summed E-state index contributed by atoms with van der Waals surface area (Å²) >= 11 is 6.00. The summed E-state index contributed by atoms with van der Waals surface area (Å²) in [5.41, 5.74) is 0.863. The Morgan fingerprint density at radius 2 is 1.89 bits per heavy atom. The van der Waals surface area contributed by atoms with Crippen molar-refractivity contribution in [3.05, 3.63) is 85.2 Å². The van der Waals surface area contributed by atoms with Crippen molar-refractivity contribution in [2.24, 2.45) is 10.9 Å². The predicted molar refractivity (Wildman–Crippen MR) is 136 cm³/mol. The molecule has 1 aliphatic rings. The Morgan fingerprint density at radius 1 is 1.19 bits per heavy atom. The molecule has 0 amide bonds. The Bertz CT molecular complexity index is 1450. The van der Waals surface area contributed by atoms with Crippen LogP contribution in [-0.4, -0.2) is 31.3 Å². The van der Waals surface area contributed by atoms with Crippen molar-refractivity contribution in [3.63, 3.8) is 0 Å². The molecule has 0 spiro atoms. The summed E-state index contributed by atoms with van der Waals surface area (Å²) in [4.78, 5) is 45.3. The van der Waals surface area contributed by atoms with E-state index < -0.39 is 29.3 Å². The van der Waals surface area contributed by atoms with E-state index in [0.717, 1.165) is 34.3 Å². The van der Waals surface area contributed by atoms with E-state index in [4.69, 9.17) is 16.3 Å². The number of hydrogen-bond acceptors (Lipinski definition) is 5. The Hall–Kier alpha value is -3.59. The fourth-order valence-electron chi connectivity index (χ4n) is 3.95. The number of hydrogen-bond donors (Lipinski definition) is 2. The normalized spacial score (nSPS) is 15.8. The van der Waals surface area contributed by atoms with Crippen LogP contribution in [0.5, 0.6) is 5.75 Å². The molecule has 9 nitrogen and oxygen atoms in total. The van der Waals surface area contributed by atoms with Crippen LogP contribution in [0.3, 0.4) is 0 Å². The Labute approximate surface area is 212 Å². The first kappa shape index (κ1) is 25.5. The Balaban J connectivity index is 1.82. The summed E-state index contributed by atoms with van der Waals surface area (Å²) in [5, 5.41) is 9.97. The highest BCUT2D eigenvalue weighted by Gasteiger charge is 2.25. The second-order valence-corrected chi connectivity index (χ2v) is 9.66. The number of carboxylic acids is 1. The average molecular weight is 513 g/mol. The monoisotopic (exact) mass is 512 g/mol. The molecule has 1 saturated carbocycles. The molecule has 1 aliphatic carbocycles. The molecule has 0 saturated heterocycles. The molecule has 1 aromatic heterocycles. The van der Waals surface area contributed by atoms with Crippen LogP contribution in [0.25, 0.3) is 0 Å². The van der Waals surface area contributed by atoms with Crippen LogP contribution in [0.1, 0.15) is 50.3 Å². The van der Waals surface area contributed by atoms with E-state index in [0.29, 0.717) is 10.7 Å². The van der Waals surface area contributed by atoms with E-state index >= 15 is 0 Å². The lowest BCUT2D eigenvalue weighted by Crippen LogP contribution is -2.52. The van der Waals surface area contributed by atoms with Crippen molar-refractivity contribution in [2.75, 3.05) is 0 Å². The van der Waals surface area contributed by atoms with Gasteiger partial charge in [0.05, 0.1) is 30.3 Å². The van der Waals surface area contributed by atoms with E-state index in [9.17, 15) is 19.5 Å². The average Bonchev–Trinajstić information content (AvgIpc) is 2.80. The van der Waals surface area contributed by atoms with E-state index in [1.807, 2.05) is 19.1 Å². The summed E-state index contributed by atoms with van der Waals surface area (Å²) in [7, 11) is 0. The first-order valence-electron chi connectivity index (χ1n) is 11.9. The number of carboxylic acid groups (broad SMARTS) is 1. The number of nitrogens with zero attached hydrogens (tertiary/aromatic N) is 3. The number of ether oxygens (including phenoxy) is 1. The summed E-state index contributed by atoms with van der Waals surface area (Å²) in [5.74, 6) is -1.28. The molecule has 0 radical (unpaired) electrons. The van der Waals surface area contributed by atoms with Gasteiger partial charge in [-0.25, -0.2) is 19.1 Å². The number of benzene rings is 2. The number of aryl methyl sites for hydroxylation is 1. The highest BCUT2D eigenvalue weighted by molar-refractivity contribution is 6.30. The van der Waals surface area contributed by atoms with Gasteiger partial charge >= 0.3 is 17.3 Å². The molecule has 36 heavy (non-hydrogen) atoms. The first-order valence-corrected chi connectivity index (χ1v) is 12.3. The number of nitrogens with one attached hydrogen (secondary N) is 1. The molecule has 2 atom stereocenters. The third-order valence-electron chi connectivity index (χ3n) is 6.64. The van der Waals surface area contributed by atoms with Crippen molar-refractivity contribution in [1.29, 1.82) is 0 Å². The zero-order valence-corrected chi connectivity index (χ0v) is 21.2. The maximum atomic E-state index is 13.5. The highest BCUT2D eigenvalue weighted by Crippen LogP contribution is 2.29. The van der Waals surface area contributed by atoms with Gasteiger partial charge in [-0.15, -0.1) is 0 Å². The zero-order valence-electron chi connectivity index (χ0n) is 20.4. The maximum Gasteiger partial charge on any atom is 0.335 e. The van der Waals surface area contributed by atoms with E-state index in [1.54, 1.807) is 30.3 Å². The molecule has 0 bridgehead atoms. The quantitative estimate of drug-likeness (QED) is 0.476. The molecule has 190 valence electrons. The number of aromatic nitrogens is 3. The number of aromatic amines is 1. The van der Waals surface area contributed by atoms with Crippen molar-refractivity contribution in [3.8, 4) is 5.75 Å². The van der Waals surface area contributed by atoms with Gasteiger partial charge in [0, 0.05) is 5.02 Å². The summed E-state index contributed by atoms with van der Waals surface area (Å²) < 4.78 is 8.25. The Kier molecular flexibility index (Phi) is 7.49. The van der Waals surface area contributed by atoms with Crippen molar-refractivity contribution >= 4 is 23.3 Å². The number of H-pyrrole nitrogens is 1. The van der Waals surface area contributed by atoms with Crippen LogP contribution < -0.4 is 21.7 Å². The minimum atomic E-state index is -1.11. The molecular weight excluding hydrogens is 484 g/mol. The van der Waals surface area contributed by atoms with Crippen LogP contribution in [0, 0.1) is 12.8 Å². The van der Waals surface area contributed by atoms with Gasteiger partial charge in [-0.3, -0.25) is 14.3 Å². The van der Waals surface area contributed by atoms with Gasteiger partial charge in [-0.2, -0.15) is 0 Å². The predicted octanol–water partition coefficient (Wildman–Crippen LogP) is 3.79. The number of halogens is 1. The molecule has 0 unspecified atom stereocenters. The molecule has 1 fully saturated rings. The second kappa shape index (κ2) is 10.6. The third-order valence-corrected chi connectivity index (χ3v) is 6.90. The lowest BCUT2D eigenvalue weighted by atomic mass is 9.96. The molecule has 3 aromatic rings. The highest BCUT2D eigenvalue weighted by atomic mass is 35.5. The summed E-state index contributed by atoms with van der Waals surface area (Å²) in [6.45, 7) is 5.01. The number of carbonyl (C=O) groups is 1. The largest absolute Gasteiger partial charge is 0.490 e. The molecular formula is C26H29ClN4O5. The van der Waals surface area contributed by atoms with Crippen molar-refractivity contribution < 1.29 is 14.6 Å². The fourth-order valence-corrected chi connectivity index (χ4v) is 4.07. The van der Waals surface area contributed by atoms with Gasteiger partial charge in [-0.05, 0) is 81.5 Å². The first-order chi connectivity index (χ1) is 17.1. The van der Waals surface area contributed by atoms with Gasteiger partial charge in [0.1, 0.15) is 5.75 Å². The standard InChI is InChI=1S/C26H29ClN4O5/c1-15-13-20(11-12-22(15)36-21-5-4-6-21)28-24-29-25(34)31(17(3)16(2)23(32)33)26(35)30(24)14-18-7-9-19(27)10-8-18/h7-13,16-17,21H,4-6,14H2,1-3H3,(H,32,33)(H,28,29,34)/t16-,17+/m1/s1. The molecule has 2 N–H and O–H groups in total. The lowest BCUT2D eigenvalue weighted by molar-refractivity contribution is -0.142. The van der Waals surface area contributed by atoms with Crippen LogP contribution in [0.2, 0.25) is 5.02 Å². The summed E-state index contributed by atoms with van der Waals surface area (Å²) in [6.07, 6.45) is 3.51. The third kappa shape index (κ3) is 5.46. The van der Waals surface area contributed by atoms with Gasteiger partial charge in [0.15, 0.2) is 0 Å². The van der Waals surface area contributed by atoms with Gasteiger partial charge < -0.3 is 9.84 Å². The topological polar surface area (TPSA) is 119 Å². The van der Waals surface area contributed by atoms with E-state index in [2.05, 4.69) is 9.98 Å². The fraction of sp³-hybridized carbons (Fsp3) is 0.385. The van der Waals surface area contributed by atoms with Crippen LogP contribution >= 0.6 is 11.6 Å². The maximum absolute atomic E-state index is 13.5. The summed E-state index contributed by atoms with van der Waals surface area (Å²) in [6, 6.07) is 11.5. The van der Waals surface area contributed by atoms with Gasteiger partial charge in [0.2, 0.25) is 5.62 Å². The number of aliphatic carboxylic acids is 1. The molecule has 2 aromatic carbocycles. The van der Waals surface area contributed by atoms with Crippen LogP contribution in [0.4, 0.5) is 5.69 Å². The second-order valence-electron chi connectivity index (χ2n) is 9.22. The Morgan fingerprint density at radius 3 is 2.47 bits per heavy atom. The van der Waals surface area contributed by atoms with Crippen molar-refractivity contribution in [1.82, 2.24) is 14.1 Å². The van der Waals surface area contributed by atoms with E-state index in [1.165, 1.54) is 24.8 Å². The van der Waals surface area contributed by atoms with E-state index in [-0.39, 0.29) is 18.3 Å². The minimum absolute atomic E-state index is 0.0541. The smallest absolute Gasteiger partial charge is 0.335 e. The van der Waals surface area contributed by atoms with Gasteiger partial charge in [-0.1, -0.05) is 23.7 Å². The molecule has 0 aliphatic heterocycles. The molecule has 1 heterocycles. The van der Waals surface area contributed by atoms with Gasteiger partial charge in [0.25, 0.3) is 0 Å². The lowest BCUT2D eigenvalue weighted by Gasteiger charge is -2.27. The SMILES string of the molecule is Cc1cc(/N=c2\[nH]c(=O)n([C@@H](C)[C@@H](C)C(=O)O)c(=O)n2Cc2ccc(Cl)cc2)ccc1OC1CCC1. The molecule has 10 heteroatoms.